The predicted octanol–water partition coefficient (Wildman–Crippen LogP) is 1.83. The highest BCUT2D eigenvalue weighted by Crippen LogP contribution is 2.34. The summed E-state index contributed by atoms with van der Waals surface area (Å²) in [6.07, 6.45) is 2.17. The molecule has 22 heavy (non-hydrogen) atoms. The van der Waals surface area contributed by atoms with E-state index in [4.69, 9.17) is 14.2 Å². The number of ether oxygens (including phenoxy) is 3. The van der Waals surface area contributed by atoms with Crippen LogP contribution in [0.3, 0.4) is 0 Å². The van der Waals surface area contributed by atoms with E-state index in [1.54, 1.807) is 7.11 Å². The van der Waals surface area contributed by atoms with Gasteiger partial charge in [-0.3, -0.25) is 4.90 Å². The quantitative estimate of drug-likeness (QED) is 0.812. The fourth-order valence-corrected chi connectivity index (χ4v) is 3.12. The zero-order valence-electron chi connectivity index (χ0n) is 13.3. The summed E-state index contributed by atoms with van der Waals surface area (Å²) in [5.41, 5.74) is 1.22. The van der Waals surface area contributed by atoms with E-state index < -0.39 is 0 Å². The van der Waals surface area contributed by atoms with Crippen molar-refractivity contribution >= 4 is 0 Å². The lowest BCUT2D eigenvalue weighted by atomic mass is 10.00. The average Bonchev–Trinajstić information content (AvgIpc) is 2.59. The molecule has 0 saturated carbocycles. The Morgan fingerprint density at radius 2 is 2.14 bits per heavy atom. The maximum atomic E-state index is 5.74. The fraction of sp³-hybridized carbons (Fsp3) is 0.647. The Bertz CT molecular complexity index is 475. The van der Waals surface area contributed by atoms with Gasteiger partial charge in [-0.1, -0.05) is 0 Å². The van der Waals surface area contributed by atoms with Crippen molar-refractivity contribution in [2.75, 3.05) is 53.1 Å². The van der Waals surface area contributed by atoms with E-state index in [2.05, 4.69) is 16.3 Å². The third-order valence-electron chi connectivity index (χ3n) is 4.40. The van der Waals surface area contributed by atoms with Gasteiger partial charge in [-0.05, 0) is 37.7 Å². The number of methoxy groups -OCH3 is 1. The van der Waals surface area contributed by atoms with Crippen molar-refractivity contribution in [2.45, 2.75) is 18.9 Å². The van der Waals surface area contributed by atoms with Crippen LogP contribution in [0.15, 0.2) is 18.2 Å². The number of hydrogen-bond donors (Lipinski definition) is 1. The molecule has 2 heterocycles. The number of rotatable bonds is 6. The summed E-state index contributed by atoms with van der Waals surface area (Å²) >= 11 is 0. The molecule has 0 spiro atoms. The van der Waals surface area contributed by atoms with Crippen molar-refractivity contribution in [1.82, 2.24) is 10.2 Å². The molecule has 1 N–H and O–H groups in total. The van der Waals surface area contributed by atoms with Crippen molar-refractivity contribution in [2.24, 2.45) is 0 Å². The van der Waals surface area contributed by atoms with Crippen LogP contribution in [0.4, 0.5) is 0 Å². The van der Waals surface area contributed by atoms with Gasteiger partial charge in [0, 0.05) is 31.1 Å². The summed E-state index contributed by atoms with van der Waals surface area (Å²) in [6, 6.07) is 6.42. The summed E-state index contributed by atoms with van der Waals surface area (Å²) in [6.45, 7) is 6.83. The number of benzene rings is 1. The maximum Gasteiger partial charge on any atom is 0.124 e. The van der Waals surface area contributed by atoms with Gasteiger partial charge in [0.1, 0.15) is 11.5 Å². The lowest BCUT2D eigenvalue weighted by Gasteiger charge is -2.29. The molecular formula is C17H26N2O3. The molecule has 1 saturated heterocycles. The van der Waals surface area contributed by atoms with Crippen LogP contribution in [0, 0.1) is 0 Å². The normalized spacial score (nSPS) is 22.0. The highest BCUT2D eigenvalue weighted by atomic mass is 16.5. The second-order valence-corrected chi connectivity index (χ2v) is 5.86. The monoisotopic (exact) mass is 306 g/mol. The first-order valence-electron chi connectivity index (χ1n) is 8.21. The van der Waals surface area contributed by atoms with E-state index in [0.29, 0.717) is 6.04 Å². The molecule has 3 rings (SSSR count). The van der Waals surface area contributed by atoms with Crippen molar-refractivity contribution in [1.29, 1.82) is 0 Å². The van der Waals surface area contributed by atoms with Crippen LogP contribution >= 0.6 is 0 Å². The molecule has 1 atom stereocenters. The molecule has 0 bridgehead atoms. The van der Waals surface area contributed by atoms with Crippen LogP contribution in [-0.4, -0.2) is 58.0 Å². The van der Waals surface area contributed by atoms with Gasteiger partial charge in [-0.2, -0.15) is 0 Å². The summed E-state index contributed by atoms with van der Waals surface area (Å²) in [7, 11) is 1.70. The van der Waals surface area contributed by atoms with Crippen LogP contribution in [-0.2, 0) is 4.74 Å². The molecule has 2 aliphatic heterocycles. The number of nitrogens with zero attached hydrogens (tertiary/aromatic N) is 1. The highest BCUT2D eigenvalue weighted by molar-refractivity contribution is 5.43. The third kappa shape index (κ3) is 3.91. The van der Waals surface area contributed by atoms with Crippen molar-refractivity contribution in [3.8, 4) is 11.5 Å². The molecule has 122 valence electrons. The SMILES string of the molecule is COc1ccc2c(c1)C(NCCCN1CCOCC1)CCO2. The fourth-order valence-electron chi connectivity index (χ4n) is 3.12. The minimum atomic E-state index is 0.364. The number of fused-ring (bicyclic) bond motifs is 1. The minimum absolute atomic E-state index is 0.364. The Hall–Kier alpha value is -1.30. The molecule has 0 amide bonds. The van der Waals surface area contributed by atoms with Gasteiger partial charge in [-0.15, -0.1) is 0 Å². The van der Waals surface area contributed by atoms with Crippen LogP contribution in [0.1, 0.15) is 24.4 Å². The summed E-state index contributed by atoms with van der Waals surface area (Å²) in [5, 5.41) is 3.68. The van der Waals surface area contributed by atoms with Gasteiger partial charge in [-0.25, -0.2) is 0 Å². The summed E-state index contributed by atoms with van der Waals surface area (Å²) in [5.74, 6) is 1.88. The molecule has 5 nitrogen and oxygen atoms in total. The first kappa shape index (κ1) is 15.6. The molecule has 1 aromatic carbocycles. The van der Waals surface area contributed by atoms with Crippen molar-refractivity contribution < 1.29 is 14.2 Å². The first-order chi connectivity index (χ1) is 10.9. The second-order valence-electron chi connectivity index (χ2n) is 5.86. The summed E-state index contributed by atoms with van der Waals surface area (Å²) < 4.78 is 16.4. The highest BCUT2D eigenvalue weighted by Gasteiger charge is 2.21. The third-order valence-corrected chi connectivity index (χ3v) is 4.40. The van der Waals surface area contributed by atoms with E-state index in [0.717, 1.165) is 70.3 Å². The van der Waals surface area contributed by atoms with E-state index >= 15 is 0 Å². The van der Waals surface area contributed by atoms with Gasteiger partial charge < -0.3 is 19.5 Å². The smallest absolute Gasteiger partial charge is 0.124 e. The molecule has 1 fully saturated rings. The topological polar surface area (TPSA) is 43.0 Å². The van der Waals surface area contributed by atoms with E-state index in [1.807, 2.05) is 12.1 Å². The number of morpholine rings is 1. The molecular weight excluding hydrogens is 280 g/mol. The molecule has 1 aromatic rings. The molecule has 0 radical (unpaired) electrons. The Balaban J connectivity index is 1.49. The predicted molar refractivity (Wildman–Crippen MR) is 85.7 cm³/mol. The molecule has 1 unspecified atom stereocenters. The second kappa shape index (κ2) is 7.81. The standard InChI is InChI=1S/C17H26N2O3/c1-20-14-3-4-17-15(13-14)16(5-10-22-17)18-6-2-7-19-8-11-21-12-9-19/h3-4,13,16,18H,2,5-12H2,1H3. The van der Waals surface area contributed by atoms with E-state index in [9.17, 15) is 0 Å². The van der Waals surface area contributed by atoms with E-state index in [1.165, 1.54) is 5.56 Å². The van der Waals surface area contributed by atoms with Crippen LogP contribution in [0.25, 0.3) is 0 Å². The molecule has 5 heteroatoms. The Kier molecular flexibility index (Phi) is 5.53. The van der Waals surface area contributed by atoms with Crippen LogP contribution in [0.5, 0.6) is 11.5 Å². The van der Waals surface area contributed by atoms with Crippen LogP contribution in [0.2, 0.25) is 0 Å². The Morgan fingerprint density at radius 3 is 2.95 bits per heavy atom. The average molecular weight is 306 g/mol. The lowest BCUT2D eigenvalue weighted by molar-refractivity contribution is 0.0373. The van der Waals surface area contributed by atoms with Crippen molar-refractivity contribution in [3.63, 3.8) is 0 Å². The number of hydrogen-bond acceptors (Lipinski definition) is 5. The first-order valence-corrected chi connectivity index (χ1v) is 8.21. The zero-order chi connectivity index (χ0) is 15.2. The van der Waals surface area contributed by atoms with Gasteiger partial charge in [0.05, 0.1) is 26.9 Å². The summed E-state index contributed by atoms with van der Waals surface area (Å²) in [4.78, 5) is 2.48. The maximum absolute atomic E-state index is 5.74. The Labute approximate surface area is 132 Å². The van der Waals surface area contributed by atoms with E-state index in [-0.39, 0.29) is 0 Å². The number of nitrogens with one attached hydrogen (secondary N) is 1. The largest absolute Gasteiger partial charge is 0.497 e. The molecule has 2 aliphatic rings. The lowest BCUT2D eigenvalue weighted by Crippen LogP contribution is -2.38. The zero-order valence-corrected chi connectivity index (χ0v) is 13.3. The van der Waals surface area contributed by atoms with Crippen molar-refractivity contribution in [3.05, 3.63) is 23.8 Å². The minimum Gasteiger partial charge on any atom is -0.497 e. The molecule has 0 aromatic heterocycles. The molecule has 0 aliphatic carbocycles. The van der Waals surface area contributed by atoms with Gasteiger partial charge in [0.15, 0.2) is 0 Å². The van der Waals surface area contributed by atoms with Crippen LogP contribution < -0.4 is 14.8 Å². The van der Waals surface area contributed by atoms with Gasteiger partial charge in [0.2, 0.25) is 0 Å². The van der Waals surface area contributed by atoms with Gasteiger partial charge in [0.25, 0.3) is 0 Å². The van der Waals surface area contributed by atoms with Gasteiger partial charge >= 0.3 is 0 Å². The Morgan fingerprint density at radius 1 is 1.27 bits per heavy atom.